The Kier molecular flexibility index (Phi) is 2.70. The second-order valence-electron chi connectivity index (χ2n) is 1.97. The van der Waals surface area contributed by atoms with Crippen molar-refractivity contribution in [2.75, 3.05) is 0 Å². The van der Waals surface area contributed by atoms with Gasteiger partial charge in [0.15, 0.2) is 0 Å². The SMILES string of the molecule is O=C=C1C=CC=CC1N=C=S. The van der Waals surface area contributed by atoms with Gasteiger partial charge in [-0.25, -0.2) is 9.79 Å². The van der Waals surface area contributed by atoms with E-state index >= 15 is 0 Å². The Hall–Kier alpha value is -1.27. The molecule has 0 aliphatic heterocycles. The molecule has 1 rings (SSSR count). The summed E-state index contributed by atoms with van der Waals surface area (Å²) < 4.78 is 0. The molecule has 0 aromatic carbocycles. The Morgan fingerprint density at radius 1 is 1.55 bits per heavy atom. The molecule has 0 bridgehead atoms. The molecule has 1 unspecified atom stereocenters. The van der Waals surface area contributed by atoms with Gasteiger partial charge in [-0.2, -0.15) is 0 Å². The summed E-state index contributed by atoms with van der Waals surface area (Å²) in [4.78, 5) is 14.0. The lowest BCUT2D eigenvalue weighted by atomic mass is 10.1. The molecule has 0 amide bonds. The number of carbonyl (C=O) groups excluding carboxylic acids is 1. The lowest BCUT2D eigenvalue weighted by Crippen LogP contribution is -2.05. The van der Waals surface area contributed by atoms with Crippen LogP contribution in [0.3, 0.4) is 0 Å². The van der Waals surface area contributed by atoms with Crippen molar-refractivity contribution in [1.82, 2.24) is 0 Å². The molecule has 2 nitrogen and oxygen atoms in total. The summed E-state index contributed by atoms with van der Waals surface area (Å²) in [7, 11) is 0. The molecule has 0 fully saturated rings. The molecular formula is C8H5NOS. The molecule has 1 aliphatic rings. The van der Waals surface area contributed by atoms with Crippen molar-refractivity contribution in [3.05, 3.63) is 29.9 Å². The second-order valence-corrected chi connectivity index (χ2v) is 2.15. The summed E-state index contributed by atoms with van der Waals surface area (Å²) in [6.07, 6.45) is 6.99. The number of aliphatic imine (C=N–C) groups is 1. The Balaban J connectivity index is 2.96. The van der Waals surface area contributed by atoms with Crippen molar-refractivity contribution in [1.29, 1.82) is 0 Å². The number of hydrogen-bond donors (Lipinski definition) is 0. The topological polar surface area (TPSA) is 29.4 Å². The third-order valence-electron chi connectivity index (χ3n) is 1.31. The number of isothiocyanates is 1. The van der Waals surface area contributed by atoms with Crippen LogP contribution in [-0.2, 0) is 4.79 Å². The summed E-state index contributed by atoms with van der Waals surface area (Å²) >= 11 is 4.42. The number of rotatable bonds is 1. The van der Waals surface area contributed by atoms with Crippen molar-refractivity contribution in [3.63, 3.8) is 0 Å². The summed E-state index contributed by atoms with van der Waals surface area (Å²) in [6.45, 7) is 0. The van der Waals surface area contributed by atoms with Crippen molar-refractivity contribution in [2.24, 2.45) is 4.99 Å². The van der Waals surface area contributed by atoms with Gasteiger partial charge in [-0.15, -0.1) is 0 Å². The minimum atomic E-state index is -0.282. The molecule has 1 atom stereocenters. The fourth-order valence-electron chi connectivity index (χ4n) is 0.795. The predicted molar refractivity (Wildman–Crippen MR) is 46.3 cm³/mol. The van der Waals surface area contributed by atoms with Crippen LogP contribution in [0.25, 0.3) is 0 Å². The first-order valence-electron chi connectivity index (χ1n) is 3.05. The third kappa shape index (κ3) is 1.82. The highest BCUT2D eigenvalue weighted by Gasteiger charge is 2.08. The monoisotopic (exact) mass is 163 g/mol. The van der Waals surface area contributed by atoms with Gasteiger partial charge in [0.2, 0.25) is 0 Å². The van der Waals surface area contributed by atoms with Crippen LogP contribution in [0.2, 0.25) is 0 Å². The first-order valence-corrected chi connectivity index (χ1v) is 3.46. The highest BCUT2D eigenvalue weighted by molar-refractivity contribution is 7.78. The van der Waals surface area contributed by atoms with Gasteiger partial charge in [0.05, 0.1) is 10.7 Å². The smallest absolute Gasteiger partial charge is 0.130 e. The minimum absolute atomic E-state index is 0.282. The van der Waals surface area contributed by atoms with E-state index in [9.17, 15) is 4.79 Å². The van der Waals surface area contributed by atoms with Crippen LogP contribution in [0.4, 0.5) is 0 Å². The van der Waals surface area contributed by atoms with Gasteiger partial charge in [0, 0.05) is 0 Å². The molecule has 0 aromatic heterocycles. The molecule has 0 aromatic rings. The largest absolute Gasteiger partial charge is 0.233 e. The fourth-order valence-corrected chi connectivity index (χ4v) is 0.908. The first-order chi connectivity index (χ1) is 5.38. The molecule has 0 saturated carbocycles. The third-order valence-corrected chi connectivity index (χ3v) is 1.41. The van der Waals surface area contributed by atoms with Crippen molar-refractivity contribution in [2.45, 2.75) is 6.04 Å². The van der Waals surface area contributed by atoms with Crippen LogP contribution in [0.15, 0.2) is 34.9 Å². The Labute approximate surface area is 69.6 Å². The molecule has 54 valence electrons. The van der Waals surface area contributed by atoms with Gasteiger partial charge in [0.25, 0.3) is 0 Å². The zero-order valence-corrected chi connectivity index (χ0v) is 6.47. The normalized spacial score (nSPS) is 20.7. The molecular weight excluding hydrogens is 158 g/mol. The number of thiocarbonyl (C=S) groups is 1. The van der Waals surface area contributed by atoms with E-state index in [1.807, 2.05) is 6.08 Å². The first kappa shape index (κ1) is 7.83. The van der Waals surface area contributed by atoms with E-state index in [-0.39, 0.29) is 6.04 Å². The Bertz CT molecular complexity index is 304. The maximum Gasteiger partial charge on any atom is 0.130 e. The number of hydrogen-bond acceptors (Lipinski definition) is 3. The predicted octanol–water partition coefficient (Wildman–Crippen LogP) is 1.34. The van der Waals surface area contributed by atoms with E-state index in [1.165, 1.54) is 0 Å². The van der Waals surface area contributed by atoms with Crippen LogP contribution in [0.5, 0.6) is 0 Å². The second kappa shape index (κ2) is 3.79. The van der Waals surface area contributed by atoms with Gasteiger partial charge in [0.1, 0.15) is 12.0 Å². The van der Waals surface area contributed by atoms with E-state index in [0.717, 1.165) is 0 Å². The van der Waals surface area contributed by atoms with Crippen LogP contribution in [-0.4, -0.2) is 17.1 Å². The zero-order valence-electron chi connectivity index (χ0n) is 5.65. The summed E-state index contributed by atoms with van der Waals surface area (Å²) in [6, 6.07) is -0.282. The van der Waals surface area contributed by atoms with Crippen molar-refractivity contribution >= 4 is 23.3 Å². The van der Waals surface area contributed by atoms with Gasteiger partial charge in [-0.05, 0) is 18.3 Å². The standard InChI is InChI=1S/C8H5NOS/c10-5-7-3-1-2-4-8(7)9-6-11/h1-4,8H. The Morgan fingerprint density at radius 2 is 2.36 bits per heavy atom. The van der Waals surface area contributed by atoms with Crippen LogP contribution in [0, 0.1) is 0 Å². The number of nitrogens with zero attached hydrogens (tertiary/aromatic N) is 1. The van der Waals surface area contributed by atoms with Crippen molar-refractivity contribution in [3.8, 4) is 0 Å². The highest BCUT2D eigenvalue weighted by Crippen LogP contribution is 2.10. The molecule has 0 saturated heterocycles. The molecule has 1 aliphatic carbocycles. The molecule has 0 radical (unpaired) electrons. The molecule has 0 spiro atoms. The summed E-state index contributed by atoms with van der Waals surface area (Å²) in [5, 5.41) is 2.23. The van der Waals surface area contributed by atoms with Gasteiger partial charge in [-0.1, -0.05) is 18.2 Å². The molecule has 0 N–H and O–H groups in total. The fraction of sp³-hybridized carbons (Fsp3) is 0.125. The average Bonchev–Trinajstić information content (AvgIpc) is 2.06. The molecule has 11 heavy (non-hydrogen) atoms. The maximum atomic E-state index is 10.3. The van der Waals surface area contributed by atoms with Crippen LogP contribution in [0.1, 0.15) is 0 Å². The lowest BCUT2D eigenvalue weighted by molar-refractivity contribution is 0.566. The van der Waals surface area contributed by atoms with E-state index in [2.05, 4.69) is 22.4 Å². The quantitative estimate of drug-likeness (QED) is 0.331. The van der Waals surface area contributed by atoms with Crippen LogP contribution >= 0.6 is 12.2 Å². The minimum Gasteiger partial charge on any atom is -0.233 e. The maximum absolute atomic E-state index is 10.3. The Morgan fingerprint density at radius 3 is 3.00 bits per heavy atom. The summed E-state index contributed by atoms with van der Waals surface area (Å²) in [5.41, 5.74) is 0.491. The lowest BCUT2D eigenvalue weighted by Gasteiger charge is -2.05. The summed E-state index contributed by atoms with van der Waals surface area (Å²) in [5.74, 6) is 1.79. The van der Waals surface area contributed by atoms with Gasteiger partial charge < -0.3 is 0 Å². The highest BCUT2D eigenvalue weighted by atomic mass is 32.1. The molecule has 3 heteroatoms. The van der Waals surface area contributed by atoms with Gasteiger partial charge >= 0.3 is 0 Å². The van der Waals surface area contributed by atoms with E-state index in [0.29, 0.717) is 5.57 Å². The van der Waals surface area contributed by atoms with Crippen LogP contribution < -0.4 is 0 Å². The van der Waals surface area contributed by atoms with E-state index in [4.69, 9.17) is 0 Å². The van der Waals surface area contributed by atoms with E-state index in [1.54, 1.807) is 24.2 Å². The van der Waals surface area contributed by atoms with Crippen molar-refractivity contribution < 1.29 is 4.79 Å². The van der Waals surface area contributed by atoms with E-state index < -0.39 is 0 Å². The number of allylic oxidation sites excluding steroid dienone is 2. The molecule has 0 heterocycles. The van der Waals surface area contributed by atoms with Gasteiger partial charge in [-0.3, -0.25) is 0 Å². The zero-order chi connectivity index (χ0) is 8.10. The average molecular weight is 163 g/mol.